The Hall–Kier alpha value is -2.11. The van der Waals surface area contributed by atoms with Gasteiger partial charge in [-0.2, -0.15) is 0 Å². The van der Waals surface area contributed by atoms with Crippen LogP contribution < -0.4 is 10.1 Å². The van der Waals surface area contributed by atoms with Crippen molar-refractivity contribution in [1.82, 2.24) is 4.98 Å². The van der Waals surface area contributed by atoms with E-state index in [0.717, 1.165) is 22.7 Å². The van der Waals surface area contributed by atoms with Crippen LogP contribution in [-0.4, -0.2) is 34.5 Å². The van der Waals surface area contributed by atoms with E-state index in [1.54, 1.807) is 6.20 Å². The first-order valence-electron chi connectivity index (χ1n) is 6.82. The molecule has 0 saturated carbocycles. The van der Waals surface area contributed by atoms with Gasteiger partial charge in [0, 0.05) is 17.9 Å². The summed E-state index contributed by atoms with van der Waals surface area (Å²) in [6, 6.07) is 9.44. The predicted octanol–water partition coefficient (Wildman–Crippen LogP) is 2.26. The molecular weight excluding hydrogens is 268 g/mol. The summed E-state index contributed by atoms with van der Waals surface area (Å²) in [5.74, 6) is 1.45. The summed E-state index contributed by atoms with van der Waals surface area (Å²) in [6.07, 6.45) is 0.929. The summed E-state index contributed by atoms with van der Waals surface area (Å²) in [5.41, 5.74) is 2.79. The number of anilines is 1. The zero-order valence-electron chi connectivity index (χ0n) is 12.2. The van der Waals surface area contributed by atoms with Crippen LogP contribution in [0.4, 0.5) is 5.69 Å². The van der Waals surface area contributed by atoms with Crippen molar-refractivity contribution in [3.05, 3.63) is 47.8 Å². The lowest BCUT2D eigenvalue weighted by atomic mass is 10.2. The monoisotopic (exact) mass is 288 g/mol. The van der Waals surface area contributed by atoms with E-state index in [-0.39, 0.29) is 6.61 Å². The Labute approximate surface area is 124 Å². The molecule has 21 heavy (non-hydrogen) atoms. The summed E-state index contributed by atoms with van der Waals surface area (Å²) in [5, 5.41) is 21.2. The average molecular weight is 288 g/mol. The normalized spacial score (nSPS) is 12.0. The smallest absolute Gasteiger partial charge is 0.145 e. The minimum absolute atomic E-state index is 0.256. The number of ether oxygens (including phenoxy) is 1. The van der Waals surface area contributed by atoms with Crippen molar-refractivity contribution < 1.29 is 14.9 Å². The van der Waals surface area contributed by atoms with Crippen LogP contribution in [-0.2, 0) is 0 Å². The fourth-order valence-electron chi connectivity index (χ4n) is 1.82. The molecule has 2 aromatic rings. The highest BCUT2D eigenvalue weighted by atomic mass is 16.5. The summed E-state index contributed by atoms with van der Waals surface area (Å²) in [7, 11) is 0. The highest BCUT2D eigenvalue weighted by Gasteiger charge is 2.05. The summed E-state index contributed by atoms with van der Waals surface area (Å²) in [6.45, 7) is 3.92. The van der Waals surface area contributed by atoms with Crippen LogP contribution in [0.2, 0.25) is 0 Å². The van der Waals surface area contributed by atoms with Gasteiger partial charge in [-0.1, -0.05) is 0 Å². The van der Waals surface area contributed by atoms with E-state index in [1.165, 1.54) is 0 Å². The van der Waals surface area contributed by atoms with E-state index in [4.69, 9.17) is 9.84 Å². The molecule has 1 aromatic carbocycles. The predicted molar refractivity (Wildman–Crippen MR) is 81.8 cm³/mol. The average Bonchev–Trinajstić information content (AvgIpc) is 2.49. The van der Waals surface area contributed by atoms with Gasteiger partial charge in [0.05, 0.1) is 18.9 Å². The van der Waals surface area contributed by atoms with Crippen molar-refractivity contribution >= 4 is 5.69 Å². The number of benzene rings is 1. The highest BCUT2D eigenvalue weighted by Crippen LogP contribution is 2.26. The number of aromatic nitrogens is 1. The fraction of sp³-hybridized carbons (Fsp3) is 0.312. The van der Waals surface area contributed by atoms with Gasteiger partial charge in [0.25, 0.3) is 0 Å². The number of hydrogen-bond donors (Lipinski definition) is 3. The van der Waals surface area contributed by atoms with Crippen LogP contribution in [0.5, 0.6) is 11.5 Å². The Morgan fingerprint density at radius 1 is 1.24 bits per heavy atom. The lowest BCUT2D eigenvalue weighted by Gasteiger charge is -2.13. The van der Waals surface area contributed by atoms with Crippen molar-refractivity contribution in [3.8, 4) is 11.5 Å². The molecule has 0 amide bonds. The Balaban J connectivity index is 2.03. The number of rotatable bonds is 6. The molecule has 3 N–H and O–H groups in total. The molecule has 0 spiro atoms. The van der Waals surface area contributed by atoms with Crippen molar-refractivity contribution in [2.24, 2.45) is 0 Å². The van der Waals surface area contributed by atoms with E-state index in [9.17, 15) is 5.11 Å². The van der Waals surface area contributed by atoms with Gasteiger partial charge in [0.2, 0.25) is 0 Å². The molecule has 1 aromatic heterocycles. The zero-order chi connectivity index (χ0) is 15.2. The maximum Gasteiger partial charge on any atom is 0.145 e. The molecule has 0 fully saturated rings. The van der Waals surface area contributed by atoms with Crippen molar-refractivity contribution in [3.63, 3.8) is 0 Å². The molecule has 0 aliphatic rings. The molecule has 0 radical (unpaired) electrons. The first-order chi connectivity index (χ1) is 10.1. The first kappa shape index (κ1) is 15.3. The van der Waals surface area contributed by atoms with Gasteiger partial charge >= 0.3 is 0 Å². The second-order valence-corrected chi connectivity index (χ2v) is 4.93. The molecule has 5 nitrogen and oxygen atoms in total. The molecule has 2 rings (SSSR count). The van der Waals surface area contributed by atoms with Crippen LogP contribution in [0.25, 0.3) is 0 Å². The van der Waals surface area contributed by atoms with Gasteiger partial charge in [0.15, 0.2) is 0 Å². The second kappa shape index (κ2) is 7.06. The summed E-state index contributed by atoms with van der Waals surface area (Å²) < 4.78 is 5.79. The van der Waals surface area contributed by atoms with Crippen molar-refractivity contribution in [2.45, 2.75) is 20.0 Å². The Bertz CT molecular complexity index is 585. The van der Waals surface area contributed by atoms with Crippen LogP contribution in [0, 0.1) is 13.8 Å². The minimum atomic E-state index is -0.764. The zero-order valence-corrected chi connectivity index (χ0v) is 12.2. The third-order valence-corrected chi connectivity index (χ3v) is 3.04. The van der Waals surface area contributed by atoms with E-state index in [2.05, 4.69) is 10.3 Å². The van der Waals surface area contributed by atoms with Crippen LogP contribution >= 0.6 is 0 Å². The molecule has 1 heterocycles. The molecule has 1 unspecified atom stereocenters. The van der Waals surface area contributed by atoms with Gasteiger partial charge in [-0.05, 0) is 49.7 Å². The summed E-state index contributed by atoms with van der Waals surface area (Å²) >= 11 is 0. The molecule has 0 saturated heterocycles. The van der Waals surface area contributed by atoms with Crippen LogP contribution in [0.1, 0.15) is 11.3 Å². The third kappa shape index (κ3) is 4.44. The minimum Gasteiger partial charge on any atom is -0.455 e. The number of aliphatic hydroxyl groups is 2. The number of nitrogens with zero attached hydrogens (tertiary/aromatic N) is 1. The topological polar surface area (TPSA) is 74.6 Å². The number of pyridine rings is 1. The Morgan fingerprint density at radius 2 is 2.05 bits per heavy atom. The molecular formula is C16H20N2O3. The van der Waals surface area contributed by atoms with E-state index >= 15 is 0 Å². The SMILES string of the molecule is Cc1ccc(Oc2ccc(NCC(O)CO)cc2C)cn1. The second-order valence-electron chi connectivity index (χ2n) is 4.93. The maximum atomic E-state index is 9.32. The highest BCUT2D eigenvalue weighted by molar-refractivity contribution is 5.51. The van der Waals surface area contributed by atoms with Crippen LogP contribution in [0.3, 0.4) is 0 Å². The van der Waals surface area contributed by atoms with Gasteiger partial charge in [-0.15, -0.1) is 0 Å². The fourth-order valence-corrected chi connectivity index (χ4v) is 1.82. The van der Waals surface area contributed by atoms with Gasteiger partial charge < -0.3 is 20.3 Å². The Kier molecular flexibility index (Phi) is 5.14. The van der Waals surface area contributed by atoms with Gasteiger partial charge in [0.1, 0.15) is 11.5 Å². The standard InChI is InChI=1S/C16H20N2O3/c1-11-7-13(18-8-14(20)10-19)4-6-16(11)21-15-5-3-12(2)17-9-15/h3-7,9,14,18-20H,8,10H2,1-2H3. The molecule has 0 aliphatic heterocycles. The lowest BCUT2D eigenvalue weighted by Crippen LogP contribution is -2.22. The molecule has 1 atom stereocenters. The summed E-state index contributed by atoms with van der Waals surface area (Å²) in [4.78, 5) is 4.19. The van der Waals surface area contributed by atoms with E-state index in [1.807, 2.05) is 44.2 Å². The Morgan fingerprint density at radius 3 is 2.67 bits per heavy atom. The quantitative estimate of drug-likeness (QED) is 0.760. The third-order valence-electron chi connectivity index (χ3n) is 3.04. The van der Waals surface area contributed by atoms with Crippen LogP contribution in [0.15, 0.2) is 36.5 Å². The van der Waals surface area contributed by atoms with Gasteiger partial charge in [-0.3, -0.25) is 4.98 Å². The lowest BCUT2D eigenvalue weighted by molar-refractivity contribution is 0.105. The van der Waals surface area contributed by atoms with E-state index in [0.29, 0.717) is 12.3 Å². The first-order valence-corrected chi connectivity index (χ1v) is 6.82. The number of nitrogens with one attached hydrogen (secondary N) is 1. The molecule has 0 bridgehead atoms. The number of aliphatic hydroxyl groups excluding tert-OH is 2. The number of aryl methyl sites for hydroxylation is 2. The van der Waals surface area contributed by atoms with E-state index < -0.39 is 6.10 Å². The van der Waals surface area contributed by atoms with Crippen molar-refractivity contribution in [1.29, 1.82) is 0 Å². The largest absolute Gasteiger partial charge is 0.455 e. The van der Waals surface area contributed by atoms with Gasteiger partial charge in [-0.25, -0.2) is 0 Å². The van der Waals surface area contributed by atoms with Crippen molar-refractivity contribution in [2.75, 3.05) is 18.5 Å². The molecule has 0 aliphatic carbocycles. The molecule has 5 heteroatoms. The maximum absolute atomic E-state index is 9.32. The number of hydrogen-bond acceptors (Lipinski definition) is 5. The molecule has 112 valence electrons.